The molecule has 0 fully saturated rings. The molecular weight excluding hydrogens is 322 g/mol. The van der Waals surface area contributed by atoms with E-state index < -0.39 is 24.4 Å². The van der Waals surface area contributed by atoms with Gasteiger partial charge in [-0.1, -0.05) is 36.4 Å². The minimum atomic E-state index is -0.701. The second-order valence-corrected chi connectivity index (χ2v) is 4.93. The van der Waals surface area contributed by atoms with Gasteiger partial charge < -0.3 is 9.47 Å². The van der Waals surface area contributed by atoms with Crippen LogP contribution < -0.4 is 10.1 Å². The van der Waals surface area contributed by atoms with Crippen molar-refractivity contribution in [2.24, 2.45) is 0 Å². The van der Waals surface area contributed by atoms with Crippen LogP contribution in [-0.4, -0.2) is 31.5 Å². The summed E-state index contributed by atoms with van der Waals surface area (Å²) in [6.07, 6.45) is 2.71. The van der Waals surface area contributed by atoms with Crippen LogP contribution in [0.5, 0.6) is 5.75 Å². The molecule has 0 bridgehead atoms. The number of ether oxygens (including phenoxy) is 2. The van der Waals surface area contributed by atoms with Crippen molar-refractivity contribution in [1.82, 2.24) is 5.32 Å². The monoisotopic (exact) mass is 339 g/mol. The summed E-state index contributed by atoms with van der Waals surface area (Å²) in [4.78, 5) is 35.1. The van der Waals surface area contributed by atoms with Crippen molar-refractivity contribution in [1.29, 1.82) is 0 Å². The number of amides is 2. The number of methoxy groups -OCH3 is 1. The first kappa shape index (κ1) is 17.9. The lowest BCUT2D eigenvalue weighted by Gasteiger charge is -2.05. The average molecular weight is 339 g/mol. The Balaban J connectivity index is 1.82. The summed E-state index contributed by atoms with van der Waals surface area (Å²) in [7, 11) is 1.53. The molecule has 0 aliphatic rings. The highest BCUT2D eigenvalue weighted by molar-refractivity contribution is 6.05. The Labute approximate surface area is 145 Å². The van der Waals surface area contributed by atoms with Crippen LogP contribution in [0.1, 0.15) is 15.9 Å². The molecule has 0 spiro atoms. The van der Waals surface area contributed by atoms with E-state index in [9.17, 15) is 14.4 Å². The van der Waals surface area contributed by atoms with Crippen LogP contribution in [0.4, 0.5) is 0 Å². The van der Waals surface area contributed by atoms with E-state index in [1.165, 1.54) is 19.3 Å². The minimum Gasteiger partial charge on any atom is -0.496 e. The molecular formula is C19H17NO5. The largest absolute Gasteiger partial charge is 0.496 e. The van der Waals surface area contributed by atoms with Crippen LogP contribution in [-0.2, 0) is 14.3 Å². The number of hydrogen-bond acceptors (Lipinski definition) is 5. The summed E-state index contributed by atoms with van der Waals surface area (Å²) >= 11 is 0. The number of rotatable bonds is 6. The quantitative estimate of drug-likeness (QED) is 0.644. The van der Waals surface area contributed by atoms with Crippen molar-refractivity contribution in [3.63, 3.8) is 0 Å². The number of esters is 1. The average Bonchev–Trinajstić information content (AvgIpc) is 2.65. The van der Waals surface area contributed by atoms with Gasteiger partial charge in [-0.2, -0.15) is 0 Å². The van der Waals surface area contributed by atoms with Gasteiger partial charge in [0.25, 0.3) is 11.8 Å². The number of carbonyl (C=O) groups is 3. The standard InChI is InChI=1S/C19H17NO5/c1-24-16-10-6-5-7-14(16)11-12-18(22)25-13-17(21)20-19(23)15-8-3-2-4-9-15/h2-12H,13H2,1H3,(H,20,21,23)/b12-11+. The van der Waals surface area contributed by atoms with Gasteiger partial charge in [-0.05, 0) is 24.3 Å². The Morgan fingerprint density at radius 3 is 2.40 bits per heavy atom. The Morgan fingerprint density at radius 2 is 1.68 bits per heavy atom. The Bertz CT molecular complexity index is 783. The van der Waals surface area contributed by atoms with Gasteiger partial charge in [0.2, 0.25) is 0 Å². The third-order valence-electron chi connectivity index (χ3n) is 3.17. The van der Waals surface area contributed by atoms with E-state index in [0.717, 1.165) is 0 Å². The number of hydrogen-bond donors (Lipinski definition) is 1. The zero-order chi connectivity index (χ0) is 18.1. The molecule has 128 valence electrons. The number of benzene rings is 2. The summed E-state index contributed by atoms with van der Waals surface area (Å²) < 4.78 is 9.96. The topological polar surface area (TPSA) is 81.7 Å². The van der Waals surface area contributed by atoms with Gasteiger partial charge >= 0.3 is 5.97 Å². The molecule has 1 N–H and O–H groups in total. The molecule has 0 unspecified atom stereocenters. The summed E-state index contributed by atoms with van der Waals surface area (Å²) in [5.74, 6) is -1.34. The second kappa shape index (κ2) is 9.02. The van der Waals surface area contributed by atoms with Crippen molar-refractivity contribution in [2.75, 3.05) is 13.7 Å². The van der Waals surface area contributed by atoms with Gasteiger partial charge in [0, 0.05) is 17.2 Å². The zero-order valence-electron chi connectivity index (χ0n) is 13.6. The lowest BCUT2D eigenvalue weighted by molar-refractivity contribution is -0.143. The molecule has 0 aliphatic heterocycles. The Kier molecular flexibility index (Phi) is 6.47. The van der Waals surface area contributed by atoms with Crippen molar-refractivity contribution in [3.8, 4) is 5.75 Å². The SMILES string of the molecule is COc1ccccc1/C=C/C(=O)OCC(=O)NC(=O)c1ccccc1. The van der Waals surface area contributed by atoms with Gasteiger partial charge in [-0.15, -0.1) is 0 Å². The van der Waals surface area contributed by atoms with Crippen LogP contribution in [0.15, 0.2) is 60.7 Å². The molecule has 6 nitrogen and oxygen atoms in total. The molecule has 0 aromatic heterocycles. The van der Waals surface area contributed by atoms with E-state index >= 15 is 0 Å². The first-order chi connectivity index (χ1) is 12.1. The van der Waals surface area contributed by atoms with Crippen LogP contribution in [0.25, 0.3) is 6.08 Å². The maximum Gasteiger partial charge on any atom is 0.331 e. The second-order valence-electron chi connectivity index (χ2n) is 4.93. The first-order valence-corrected chi connectivity index (χ1v) is 7.47. The number of nitrogens with one attached hydrogen (secondary N) is 1. The minimum absolute atomic E-state index is 0.346. The Hall–Kier alpha value is -3.41. The van der Waals surface area contributed by atoms with E-state index in [1.54, 1.807) is 48.5 Å². The lowest BCUT2D eigenvalue weighted by atomic mass is 10.2. The molecule has 2 amide bonds. The highest BCUT2D eigenvalue weighted by Crippen LogP contribution is 2.18. The third-order valence-corrected chi connectivity index (χ3v) is 3.17. The van der Waals surface area contributed by atoms with E-state index in [4.69, 9.17) is 9.47 Å². The van der Waals surface area contributed by atoms with Crippen LogP contribution >= 0.6 is 0 Å². The molecule has 2 aromatic rings. The van der Waals surface area contributed by atoms with Crippen LogP contribution in [0.3, 0.4) is 0 Å². The normalized spacial score (nSPS) is 10.3. The first-order valence-electron chi connectivity index (χ1n) is 7.47. The summed E-state index contributed by atoms with van der Waals surface area (Å²) in [5.41, 5.74) is 1.05. The highest BCUT2D eigenvalue weighted by atomic mass is 16.5. The molecule has 2 rings (SSSR count). The van der Waals surface area contributed by atoms with E-state index in [2.05, 4.69) is 5.32 Å². The third kappa shape index (κ3) is 5.62. The highest BCUT2D eigenvalue weighted by Gasteiger charge is 2.11. The molecule has 6 heteroatoms. The number of para-hydroxylation sites is 1. The Morgan fingerprint density at radius 1 is 1.00 bits per heavy atom. The summed E-state index contributed by atoms with van der Waals surface area (Å²) in [5, 5.41) is 2.14. The molecule has 0 heterocycles. The molecule has 2 aromatic carbocycles. The van der Waals surface area contributed by atoms with E-state index in [0.29, 0.717) is 16.9 Å². The fourth-order valence-electron chi connectivity index (χ4n) is 1.97. The summed E-state index contributed by atoms with van der Waals surface area (Å²) in [6, 6.07) is 15.4. The van der Waals surface area contributed by atoms with Crippen molar-refractivity contribution in [3.05, 3.63) is 71.8 Å². The maximum absolute atomic E-state index is 11.8. The smallest absolute Gasteiger partial charge is 0.331 e. The fourth-order valence-corrected chi connectivity index (χ4v) is 1.97. The zero-order valence-corrected chi connectivity index (χ0v) is 13.6. The van der Waals surface area contributed by atoms with Crippen molar-refractivity contribution in [2.45, 2.75) is 0 Å². The van der Waals surface area contributed by atoms with Crippen LogP contribution in [0.2, 0.25) is 0 Å². The molecule has 0 radical (unpaired) electrons. The van der Waals surface area contributed by atoms with Gasteiger partial charge in [-0.25, -0.2) is 4.79 Å². The molecule has 0 aliphatic carbocycles. The van der Waals surface area contributed by atoms with Crippen molar-refractivity contribution < 1.29 is 23.9 Å². The predicted octanol–water partition coefficient (Wildman–Crippen LogP) is 2.21. The molecule has 0 atom stereocenters. The maximum atomic E-state index is 11.8. The van der Waals surface area contributed by atoms with E-state index in [1.807, 2.05) is 6.07 Å². The molecule has 0 saturated heterocycles. The summed E-state index contributed by atoms with van der Waals surface area (Å²) in [6.45, 7) is -0.548. The fraction of sp³-hybridized carbons (Fsp3) is 0.105. The van der Waals surface area contributed by atoms with Crippen molar-refractivity contribution >= 4 is 23.9 Å². The van der Waals surface area contributed by atoms with Crippen LogP contribution in [0, 0.1) is 0 Å². The number of carbonyl (C=O) groups excluding carboxylic acids is 3. The lowest BCUT2D eigenvalue weighted by Crippen LogP contribution is -2.33. The molecule has 25 heavy (non-hydrogen) atoms. The van der Waals surface area contributed by atoms with Gasteiger partial charge in [0.05, 0.1) is 7.11 Å². The number of imide groups is 1. The molecule has 0 saturated carbocycles. The van der Waals surface area contributed by atoms with Gasteiger partial charge in [-0.3, -0.25) is 14.9 Å². The van der Waals surface area contributed by atoms with E-state index in [-0.39, 0.29) is 0 Å². The van der Waals surface area contributed by atoms with Gasteiger partial charge in [0.1, 0.15) is 5.75 Å². The van der Waals surface area contributed by atoms with Gasteiger partial charge in [0.15, 0.2) is 6.61 Å². The predicted molar refractivity (Wildman–Crippen MR) is 91.9 cm³/mol.